The first-order chi connectivity index (χ1) is 11.7. The van der Waals surface area contributed by atoms with Gasteiger partial charge in [0.05, 0.1) is 13.7 Å². The van der Waals surface area contributed by atoms with E-state index in [0.29, 0.717) is 19.1 Å². The van der Waals surface area contributed by atoms with Crippen molar-refractivity contribution in [3.05, 3.63) is 59.2 Å². The van der Waals surface area contributed by atoms with Gasteiger partial charge >= 0.3 is 0 Å². The highest BCUT2D eigenvalue weighted by Crippen LogP contribution is 2.35. The normalized spacial score (nSPS) is 17.4. The van der Waals surface area contributed by atoms with Crippen LogP contribution in [0, 0.1) is 0 Å². The van der Waals surface area contributed by atoms with E-state index in [1.807, 2.05) is 12.1 Å². The second kappa shape index (κ2) is 7.69. The Kier molecular flexibility index (Phi) is 5.38. The Morgan fingerprint density at radius 3 is 2.58 bits per heavy atom. The maximum absolute atomic E-state index is 5.80. The number of likely N-dealkylation sites (N-methyl/N-ethyl adjacent to an activating group) is 1. The van der Waals surface area contributed by atoms with Crippen LogP contribution in [0.15, 0.2) is 42.5 Å². The van der Waals surface area contributed by atoms with E-state index in [-0.39, 0.29) is 0 Å². The van der Waals surface area contributed by atoms with Crippen molar-refractivity contribution < 1.29 is 9.47 Å². The van der Waals surface area contributed by atoms with Gasteiger partial charge in [-0.05, 0) is 61.0 Å². The van der Waals surface area contributed by atoms with Gasteiger partial charge in [-0.25, -0.2) is 0 Å². The summed E-state index contributed by atoms with van der Waals surface area (Å²) in [5, 5.41) is 0. The van der Waals surface area contributed by atoms with Crippen LogP contribution in [0.5, 0.6) is 11.5 Å². The zero-order valence-corrected chi connectivity index (χ0v) is 14.5. The monoisotopic (exact) mass is 326 g/mol. The van der Waals surface area contributed by atoms with Crippen LogP contribution in [0.4, 0.5) is 0 Å². The third-order valence-electron chi connectivity index (χ3n) is 4.56. The third kappa shape index (κ3) is 3.71. The van der Waals surface area contributed by atoms with Crippen LogP contribution in [0.2, 0.25) is 0 Å². The van der Waals surface area contributed by atoms with Crippen LogP contribution in [-0.4, -0.2) is 38.8 Å². The molecule has 1 unspecified atom stereocenters. The first-order valence-electron chi connectivity index (χ1n) is 8.49. The van der Waals surface area contributed by atoms with Gasteiger partial charge in [-0.2, -0.15) is 0 Å². The molecule has 128 valence electrons. The summed E-state index contributed by atoms with van der Waals surface area (Å²) in [5.74, 6) is 2.21. The molecule has 24 heavy (non-hydrogen) atoms. The first kappa shape index (κ1) is 16.8. The van der Waals surface area contributed by atoms with Gasteiger partial charge in [0.1, 0.15) is 11.5 Å². The Balaban J connectivity index is 1.85. The molecule has 4 nitrogen and oxygen atoms in total. The van der Waals surface area contributed by atoms with Crippen molar-refractivity contribution in [2.75, 3.05) is 33.9 Å². The van der Waals surface area contributed by atoms with Crippen molar-refractivity contribution in [1.29, 1.82) is 0 Å². The SMILES string of the molecule is COc1ccc(C2CN(C)Cc3cc(OCCCN)ccc32)cc1. The van der Waals surface area contributed by atoms with Crippen LogP contribution in [0.25, 0.3) is 0 Å². The molecule has 0 aliphatic carbocycles. The lowest BCUT2D eigenvalue weighted by Crippen LogP contribution is -2.31. The summed E-state index contributed by atoms with van der Waals surface area (Å²) in [6, 6.07) is 14.9. The third-order valence-corrected chi connectivity index (χ3v) is 4.56. The van der Waals surface area contributed by atoms with Crippen molar-refractivity contribution in [3.63, 3.8) is 0 Å². The van der Waals surface area contributed by atoms with E-state index in [9.17, 15) is 0 Å². The molecule has 1 atom stereocenters. The van der Waals surface area contributed by atoms with Crippen LogP contribution in [-0.2, 0) is 6.54 Å². The average molecular weight is 326 g/mol. The zero-order chi connectivity index (χ0) is 16.9. The maximum atomic E-state index is 5.80. The van der Waals surface area contributed by atoms with Crippen LogP contribution in [0.1, 0.15) is 29.0 Å². The predicted octanol–water partition coefficient (Wildman–Crippen LogP) is 3.00. The molecular weight excluding hydrogens is 300 g/mol. The number of benzene rings is 2. The molecule has 0 spiro atoms. The second-order valence-corrected chi connectivity index (χ2v) is 6.37. The number of rotatable bonds is 6. The van der Waals surface area contributed by atoms with Crippen LogP contribution >= 0.6 is 0 Å². The second-order valence-electron chi connectivity index (χ2n) is 6.37. The van der Waals surface area contributed by atoms with E-state index in [4.69, 9.17) is 15.2 Å². The van der Waals surface area contributed by atoms with Crippen molar-refractivity contribution in [3.8, 4) is 11.5 Å². The lowest BCUT2D eigenvalue weighted by molar-refractivity contribution is 0.289. The highest BCUT2D eigenvalue weighted by atomic mass is 16.5. The number of nitrogens with zero attached hydrogens (tertiary/aromatic N) is 1. The molecule has 1 aliphatic heterocycles. The summed E-state index contributed by atoms with van der Waals surface area (Å²) in [6.07, 6.45) is 0.880. The van der Waals surface area contributed by atoms with E-state index in [0.717, 1.165) is 31.0 Å². The molecule has 0 saturated heterocycles. The maximum Gasteiger partial charge on any atom is 0.119 e. The van der Waals surface area contributed by atoms with E-state index in [2.05, 4.69) is 42.3 Å². The van der Waals surface area contributed by atoms with Crippen molar-refractivity contribution in [2.24, 2.45) is 5.73 Å². The fraction of sp³-hybridized carbons (Fsp3) is 0.400. The molecule has 3 rings (SSSR count). The van der Waals surface area contributed by atoms with E-state index < -0.39 is 0 Å². The molecule has 2 aromatic rings. The lowest BCUT2D eigenvalue weighted by Gasteiger charge is -2.33. The lowest BCUT2D eigenvalue weighted by atomic mass is 9.84. The molecule has 0 aromatic heterocycles. The molecule has 1 aliphatic rings. The molecule has 0 fully saturated rings. The molecule has 1 heterocycles. The summed E-state index contributed by atoms with van der Waals surface area (Å²) in [6.45, 7) is 3.31. The molecule has 0 radical (unpaired) electrons. The van der Waals surface area contributed by atoms with Gasteiger partial charge in [-0.15, -0.1) is 0 Å². The number of nitrogens with two attached hydrogens (primary N) is 1. The number of hydrogen-bond acceptors (Lipinski definition) is 4. The minimum absolute atomic E-state index is 0.378. The van der Waals surface area contributed by atoms with Gasteiger partial charge in [-0.3, -0.25) is 0 Å². The zero-order valence-electron chi connectivity index (χ0n) is 14.5. The molecule has 4 heteroatoms. The van der Waals surface area contributed by atoms with E-state index in [1.165, 1.54) is 16.7 Å². The Bertz CT molecular complexity index is 670. The summed E-state index contributed by atoms with van der Waals surface area (Å²) in [7, 11) is 3.87. The fourth-order valence-corrected chi connectivity index (χ4v) is 3.31. The number of ether oxygens (including phenoxy) is 2. The molecular formula is C20H26N2O2. The summed E-state index contributed by atoms with van der Waals surface area (Å²) >= 11 is 0. The Morgan fingerprint density at radius 1 is 1.12 bits per heavy atom. The Morgan fingerprint density at radius 2 is 1.88 bits per heavy atom. The minimum Gasteiger partial charge on any atom is -0.497 e. The van der Waals surface area contributed by atoms with Crippen LogP contribution in [0.3, 0.4) is 0 Å². The number of methoxy groups -OCH3 is 1. The van der Waals surface area contributed by atoms with Gasteiger partial charge in [0.25, 0.3) is 0 Å². The molecule has 2 aromatic carbocycles. The van der Waals surface area contributed by atoms with Crippen molar-refractivity contribution in [2.45, 2.75) is 18.9 Å². The van der Waals surface area contributed by atoms with Crippen molar-refractivity contribution in [1.82, 2.24) is 4.90 Å². The summed E-state index contributed by atoms with van der Waals surface area (Å²) < 4.78 is 11.1. The van der Waals surface area contributed by atoms with Gasteiger partial charge in [-0.1, -0.05) is 18.2 Å². The number of hydrogen-bond donors (Lipinski definition) is 1. The predicted molar refractivity (Wildman–Crippen MR) is 96.8 cm³/mol. The molecule has 2 N–H and O–H groups in total. The first-order valence-corrected chi connectivity index (χ1v) is 8.49. The molecule has 0 amide bonds. The van der Waals surface area contributed by atoms with Gasteiger partial charge in [0.15, 0.2) is 0 Å². The number of fused-ring (bicyclic) bond motifs is 1. The van der Waals surface area contributed by atoms with Gasteiger partial charge < -0.3 is 20.1 Å². The van der Waals surface area contributed by atoms with Gasteiger partial charge in [0, 0.05) is 19.0 Å². The topological polar surface area (TPSA) is 47.7 Å². The Labute approximate surface area is 144 Å². The van der Waals surface area contributed by atoms with E-state index in [1.54, 1.807) is 7.11 Å². The Hall–Kier alpha value is -2.04. The quantitative estimate of drug-likeness (QED) is 0.829. The van der Waals surface area contributed by atoms with E-state index >= 15 is 0 Å². The standard InChI is InChI=1S/C20H26N2O2/c1-22-13-16-12-18(24-11-3-10-21)8-9-19(16)20(14-22)15-4-6-17(23-2)7-5-15/h4-9,12,20H,3,10-11,13-14,21H2,1-2H3. The highest BCUT2D eigenvalue weighted by Gasteiger charge is 2.25. The summed E-state index contributed by atoms with van der Waals surface area (Å²) in [5.41, 5.74) is 9.58. The molecule has 0 bridgehead atoms. The summed E-state index contributed by atoms with van der Waals surface area (Å²) in [4.78, 5) is 2.36. The minimum atomic E-state index is 0.378. The smallest absolute Gasteiger partial charge is 0.119 e. The van der Waals surface area contributed by atoms with Gasteiger partial charge in [0.2, 0.25) is 0 Å². The van der Waals surface area contributed by atoms with Crippen molar-refractivity contribution >= 4 is 0 Å². The fourth-order valence-electron chi connectivity index (χ4n) is 3.31. The molecule has 0 saturated carbocycles. The largest absolute Gasteiger partial charge is 0.497 e. The van der Waals surface area contributed by atoms with Crippen LogP contribution < -0.4 is 15.2 Å². The highest BCUT2D eigenvalue weighted by molar-refractivity contribution is 5.45. The average Bonchev–Trinajstić information content (AvgIpc) is 2.61.